The lowest BCUT2D eigenvalue weighted by Gasteiger charge is -2.29. The largest absolute Gasteiger partial charge is 0.281 e. The van der Waals surface area contributed by atoms with Crippen molar-refractivity contribution in [2.45, 2.75) is 75.8 Å². The van der Waals surface area contributed by atoms with Gasteiger partial charge in [-0.05, 0) is 64.4 Å². The summed E-state index contributed by atoms with van der Waals surface area (Å²) in [6, 6.07) is 1.64. The number of aromatic amines is 1. The van der Waals surface area contributed by atoms with Crippen LogP contribution in [0.4, 0.5) is 0 Å². The molecular formula is C18H25N5O3S. The summed E-state index contributed by atoms with van der Waals surface area (Å²) in [7, 11) is -3.60. The fourth-order valence-electron chi connectivity index (χ4n) is 4.33. The molecule has 2 N–H and O–H groups in total. The van der Waals surface area contributed by atoms with Crippen molar-refractivity contribution >= 4 is 10.0 Å². The molecule has 4 rings (SSSR count). The second kappa shape index (κ2) is 6.87. The summed E-state index contributed by atoms with van der Waals surface area (Å²) in [5, 5.41) is 11.3. The molecule has 146 valence electrons. The molecule has 0 atom stereocenters. The van der Waals surface area contributed by atoms with Gasteiger partial charge in [0.15, 0.2) is 0 Å². The zero-order chi connectivity index (χ0) is 19.2. The first-order valence-electron chi connectivity index (χ1n) is 9.50. The van der Waals surface area contributed by atoms with E-state index in [1.807, 2.05) is 0 Å². The summed E-state index contributed by atoms with van der Waals surface area (Å²) in [4.78, 5) is 12.6. The topological polar surface area (TPSA) is 110 Å². The highest BCUT2D eigenvalue weighted by atomic mass is 32.2. The van der Waals surface area contributed by atoms with Crippen molar-refractivity contribution < 1.29 is 8.42 Å². The van der Waals surface area contributed by atoms with E-state index in [4.69, 9.17) is 0 Å². The summed E-state index contributed by atoms with van der Waals surface area (Å²) < 4.78 is 29.8. The van der Waals surface area contributed by atoms with E-state index in [0.29, 0.717) is 24.2 Å². The predicted octanol–water partition coefficient (Wildman–Crippen LogP) is 1.53. The summed E-state index contributed by atoms with van der Waals surface area (Å²) >= 11 is 0. The predicted molar refractivity (Wildman–Crippen MR) is 100 cm³/mol. The van der Waals surface area contributed by atoms with Crippen LogP contribution < -0.4 is 10.3 Å². The second-order valence-electron chi connectivity index (χ2n) is 7.64. The molecule has 2 aliphatic carbocycles. The molecular weight excluding hydrogens is 366 g/mol. The molecule has 0 amide bonds. The third-order valence-corrected chi connectivity index (χ3v) is 7.46. The number of hydrogen-bond acceptors (Lipinski definition) is 5. The van der Waals surface area contributed by atoms with Crippen molar-refractivity contribution in [2.24, 2.45) is 0 Å². The zero-order valence-electron chi connectivity index (χ0n) is 15.7. The Hall–Kier alpha value is -2.00. The van der Waals surface area contributed by atoms with Crippen LogP contribution in [0.3, 0.4) is 0 Å². The number of aromatic nitrogens is 4. The molecule has 0 bridgehead atoms. The van der Waals surface area contributed by atoms with Gasteiger partial charge < -0.3 is 0 Å². The maximum Gasteiger partial charge on any atom is 0.267 e. The molecule has 0 saturated heterocycles. The first-order valence-corrected chi connectivity index (χ1v) is 11.0. The molecule has 0 unspecified atom stereocenters. The smallest absolute Gasteiger partial charge is 0.267 e. The summed E-state index contributed by atoms with van der Waals surface area (Å²) in [5.41, 5.74) is 3.11. The lowest BCUT2D eigenvalue weighted by atomic mass is 9.92. The van der Waals surface area contributed by atoms with Gasteiger partial charge in [-0.2, -0.15) is 10.2 Å². The monoisotopic (exact) mass is 391 g/mol. The van der Waals surface area contributed by atoms with Crippen LogP contribution in [-0.2, 0) is 22.9 Å². The van der Waals surface area contributed by atoms with Crippen molar-refractivity contribution in [3.05, 3.63) is 39.1 Å². The van der Waals surface area contributed by atoms with Crippen molar-refractivity contribution in [3.63, 3.8) is 0 Å². The number of aryl methyl sites for hydroxylation is 4. The van der Waals surface area contributed by atoms with E-state index in [-0.39, 0.29) is 22.5 Å². The van der Waals surface area contributed by atoms with Gasteiger partial charge in [-0.1, -0.05) is 0 Å². The molecule has 2 aliphatic rings. The number of hydrogen-bond donors (Lipinski definition) is 2. The maximum atomic E-state index is 12.7. The Balaban J connectivity index is 1.45. The highest BCUT2D eigenvalue weighted by Crippen LogP contribution is 2.29. The van der Waals surface area contributed by atoms with Crippen LogP contribution in [0.15, 0.2) is 15.8 Å². The van der Waals surface area contributed by atoms with Gasteiger partial charge in [0.1, 0.15) is 4.90 Å². The van der Waals surface area contributed by atoms with Gasteiger partial charge in [0.2, 0.25) is 10.0 Å². The fraction of sp³-hybridized carbons (Fsp3) is 0.611. The summed E-state index contributed by atoms with van der Waals surface area (Å²) in [6.45, 7) is 3.39. The second-order valence-corrected chi connectivity index (χ2v) is 9.29. The van der Waals surface area contributed by atoms with Gasteiger partial charge >= 0.3 is 0 Å². The van der Waals surface area contributed by atoms with Crippen LogP contribution >= 0.6 is 0 Å². The molecule has 9 heteroatoms. The average molecular weight is 391 g/mol. The van der Waals surface area contributed by atoms with E-state index in [1.54, 1.807) is 24.6 Å². The van der Waals surface area contributed by atoms with Gasteiger partial charge in [0.05, 0.1) is 23.1 Å². The Morgan fingerprint density at radius 2 is 1.93 bits per heavy atom. The normalized spacial score (nSPS) is 22.7. The first kappa shape index (κ1) is 18.4. The number of rotatable bonds is 4. The van der Waals surface area contributed by atoms with Crippen molar-refractivity contribution in [1.82, 2.24) is 24.7 Å². The molecule has 0 aromatic carbocycles. The van der Waals surface area contributed by atoms with E-state index in [2.05, 4.69) is 20.0 Å². The van der Waals surface area contributed by atoms with E-state index in [1.165, 1.54) is 0 Å². The van der Waals surface area contributed by atoms with Crippen LogP contribution in [0.1, 0.15) is 60.8 Å². The Kier molecular flexibility index (Phi) is 4.67. The molecule has 27 heavy (non-hydrogen) atoms. The molecule has 0 radical (unpaired) electrons. The molecule has 0 spiro atoms. The maximum absolute atomic E-state index is 12.7. The molecule has 2 aromatic heterocycles. The van der Waals surface area contributed by atoms with Crippen LogP contribution in [0.2, 0.25) is 0 Å². The van der Waals surface area contributed by atoms with Gasteiger partial charge in [-0.25, -0.2) is 17.8 Å². The average Bonchev–Trinajstić information content (AvgIpc) is 3.20. The van der Waals surface area contributed by atoms with E-state index in [9.17, 15) is 13.2 Å². The Labute approximate surface area is 158 Å². The van der Waals surface area contributed by atoms with Crippen LogP contribution in [0, 0.1) is 13.8 Å². The minimum Gasteiger partial charge on any atom is -0.281 e. The fourth-order valence-corrected chi connectivity index (χ4v) is 6.01. The molecule has 1 fully saturated rings. The van der Waals surface area contributed by atoms with Crippen molar-refractivity contribution in [2.75, 3.05) is 0 Å². The Morgan fingerprint density at radius 1 is 1.19 bits per heavy atom. The van der Waals surface area contributed by atoms with Crippen molar-refractivity contribution in [3.8, 4) is 0 Å². The number of nitrogens with zero attached hydrogens (tertiary/aromatic N) is 3. The molecule has 2 aromatic rings. The van der Waals surface area contributed by atoms with E-state index in [0.717, 1.165) is 43.4 Å². The third-order valence-electron chi connectivity index (χ3n) is 5.68. The minimum atomic E-state index is -3.60. The summed E-state index contributed by atoms with van der Waals surface area (Å²) in [6.07, 6.45) is 5.79. The standard InChI is InChI=1S/C18H25N5O3S/c1-11-18(12(2)20-19-11)27(25,26)22-14-6-8-15(9-7-14)23-17(24)10-13-4-3-5-16(13)21-23/h10,14-15,22H,3-9H2,1-2H3,(H,19,20). The van der Waals surface area contributed by atoms with E-state index < -0.39 is 10.0 Å². The molecule has 1 saturated carbocycles. The highest BCUT2D eigenvalue weighted by molar-refractivity contribution is 7.89. The summed E-state index contributed by atoms with van der Waals surface area (Å²) in [5.74, 6) is 0. The Bertz CT molecular complexity index is 997. The van der Waals surface area contributed by atoms with Gasteiger partial charge in [0.25, 0.3) is 5.56 Å². The first-order chi connectivity index (χ1) is 12.8. The molecule has 2 heterocycles. The SMILES string of the molecule is Cc1n[nH]c(C)c1S(=O)(=O)NC1CCC(n2nc3c(cc2=O)CCC3)CC1. The zero-order valence-corrected chi connectivity index (χ0v) is 16.5. The van der Waals surface area contributed by atoms with Gasteiger partial charge in [0, 0.05) is 12.1 Å². The Morgan fingerprint density at radius 3 is 2.59 bits per heavy atom. The van der Waals surface area contributed by atoms with Gasteiger partial charge in [-0.15, -0.1) is 0 Å². The number of H-pyrrole nitrogens is 1. The highest BCUT2D eigenvalue weighted by Gasteiger charge is 2.30. The minimum absolute atomic E-state index is 0.0377. The quantitative estimate of drug-likeness (QED) is 0.821. The number of fused-ring (bicyclic) bond motifs is 1. The lowest BCUT2D eigenvalue weighted by Crippen LogP contribution is -2.40. The van der Waals surface area contributed by atoms with Crippen molar-refractivity contribution in [1.29, 1.82) is 0 Å². The number of sulfonamides is 1. The van der Waals surface area contributed by atoms with Gasteiger partial charge in [-0.3, -0.25) is 9.89 Å². The van der Waals surface area contributed by atoms with E-state index >= 15 is 0 Å². The lowest BCUT2D eigenvalue weighted by molar-refractivity contribution is 0.284. The molecule has 0 aliphatic heterocycles. The van der Waals surface area contributed by atoms with Crippen LogP contribution in [-0.4, -0.2) is 34.4 Å². The van der Waals surface area contributed by atoms with Crippen LogP contribution in [0.5, 0.6) is 0 Å². The number of nitrogens with one attached hydrogen (secondary N) is 2. The van der Waals surface area contributed by atoms with Crippen LogP contribution in [0.25, 0.3) is 0 Å². The molecule has 8 nitrogen and oxygen atoms in total. The third kappa shape index (κ3) is 3.45.